The van der Waals surface area contributed by atoms with Gasteiger partial charge in [0.2, 0.25) is 0 Å². The Morgan fingerprint density at radius 3 is 2.86 bits per heavy atom. The molecule has 1 N–H and O–H groups in total. The molecule has 0 saturated carbocycles. The lowest BCUT2D eigenvalue weighted by atomic mass is 10.1. The van der Waals surface area contributed by atoms with Gasteiger partial charge in [0.15, 0.2) is 0 Å². The Balaban J connectivity index is 1.85. The molecule has 1 aromatic carbocycles. The molecule has 0 bridgehead atoms. The maximum atomic E-state index is 11.8. The van der Waals surface area contributed by atoms with Crippen molar-refractivity contribution in [2.45, 2.75) is 52.3 Å². The van der Waals surface area contributed by atoms with Crippen molar-refractivity contribution < 1.29 is 9.53 Å². The molecule has 0 spiro atoms. The van der Waals surface area contributed by atoms with Gasteiger partial charge in [-0.1, -0.05) is 34.1 Å². The monoisotopic (exact) mass is 368 g/mol. The first-order chi connectivity index (χ1) is 10.2. The number of benzene rings is 1. The summed E-state index contributed by atoms with van der Waals surface area (Å²) in [5, 5.41) is 2.96. The number of alkyl carbamates (subject to hydrolysis) is 1. The molecule has 22 heavy (non-hydrogen) atoms. The quantitative estimate of drug-likeness (QED) is 0.880. The van der Waals surface area contributed by atoms with E-state index in [1.807, 2.05) is 20.8 Å². The number of nitrogens with one attached hydrogen (secondary N) is 1. The van der Waals surface area contributed by atoms with Crippen LogP contribution in [0.1, 0.15) is 38.3 Å². The highest BCUT2D eigenvalue weighted by Gasteiger charge is 2.26. The highest BCUT2D eigenvalue weighted by Crippen LogP contribution is 2.24. The zero-order valence-electron chi connectivity index (χ0n) is 13.8. The van der Waals surface area contributed by atoms with Crippen molar-refractivity contribution in [2.75, 3.05) is 13.1 Å². The number of hydrogen-bond acceptors (Lipinski definition) is 3. The van der Waals surface area contributed by atoms with Crippen LogP contribution in [0.15, 0.2) is 22.7 Å². The number of nitrogens with zero attached hydrogens (tertiary/aromatic N) is 1. The fraction of sp³-hybridized carbons (Fsp3) is 0.588. The molecule has 0 radical (unpaired) electrons. The van der Waals surface area contributed by atoms with E-state index in [2.05, 4.69) is 51.3 Å². The summed E-state index contributed by atoms with van der Waals surface area (Å²) in [6, 6.07) is 6.50. The van der Waals surface area contributed by atoms with Gasteiger partial charge in [0, 0.05) is 30.1 Å². The van der Waals surface area contributed by atoms with Crippen molar-refractivity contribution in [3.8, 4) is 0 Å². The van der Waals surface area contributed by atoms with Crippen LogP contribution in [0.2, 0.25) is 0 Å². The molecule has 2 rings (SSSR count). The Kier molecular flexibility index (Phi) is 5.50. The lowest BCUT2D eigenvalue weighted by Crippen LogP contribution is -2.40. The molecular formula is C17H25BrN2O2. The van der Waals surface area contributed by atoms with Crippen LogP contribution in [0.3, 0.4) is 0 Å². The van der Waals surface area contributed by atoms with Crippen LogP contribution < -0.4 is 5.32 Å². The van der Waals surface area contributed by atoms with Gasteiger partial charge >= 0.3 is 6.09 Å². The van der Waals surface area contributed by atoms with Crippen molar-refractivity contribution in [1.29, 1.82) is 0 Å². The van der Waals surface area contributed by atoms with Crippen LogP contribution in [-0.2, 0) is 11.3 Å². The van der Waals surface area contributed by atoms with E-state index in [1.54, 1.807) is 0 Å². The highest BCUT2D eigenvalue weighted by molar-refractivity contribution is 9.10. The van der Waals surface area contributed by atoms with Gasteiger partial charge in [-0.3, -0.25) is 4.90 Å². The van der Waals surface area contributed by atoms with Gasteiger partial charge in [-0.25, -0.2) is 4.79 Å². The smallest absolute Gasteiger partial charge is 0.407 e. The largest absolute Gasteiger partial charge is 0.444 e. The van der Waals surface area contributed by atoms with Gasteiger partial charge in [0.1, 0.15) is 5.60 Å². The molecule has 1 atom stereocenters. The number of carbonyl (C=O) groups excluding carboxylic acids is 1. The van der Waals surface area contributed by atoms with Crippen LogP contribution in [0.5, 0.6) is 0 Å². The zero-order valence-corrected chi connectivity index (χ0v) is 15.4. The Hall–Kier alpha value is -1.07. The Bertz CT molecular complexity index is 540. The predicted molar refractivity (Wildman–Crippen MR) is 91.9 cm³/mol. The van der Waals surface area contributed by atoms with Gasteiger partial charge in [-0.15, -0.1) is 0 Å². The first kappa shape index (κ1) is 17.3. The normalized spacial score (nSPS) is 19.2. The fourth-order valence-corrected chi connectivity index (χ4v) is 3.03. The van der Waals surface area contributed by atoms with Gasteiger partial charge in [0.05, 0.1) is 0 Å². The molecular weight excluding hydrogens is 344 g/mol. The molecule has 1 aromatic rings. The first-order valence-corrected chi connectivity index (χ1v) is 8.50. The highest BCUT2D eigenvalue weighted by atomic mass is 79.9. The third kappa shape index (κ3) is 4.99. The number of amides is 1. The second kappa shape index (κ2) is 7.01. The topological polar surface area (TPSA) is 41.6 Å². The zero-order chi connectivity index (χ0) is 16.3. The van der Waals surface area contributed by atoms with Crippen molar-refractivity contribution in [3.63, 3.8) is 0 Å². The Morgan fingerprint density at radius 1 is 1.45 bits per heavy atom. The number of carbonyl (C=O) groups is 1. The third-order valence-electron chi connectivity index (χ3n) is 3.66. The number of halogens is 1. The van der Waals surface area contributed by atoms with Crippen LogP contribution in [0.25, 0.3) is 0 Å². The number of likely N-dealkylation sites (tertiary alicyclic amines) is 1. The van der Waals surface area contributed by atoms with Crippen molar-refractivity contribution in [2.24, 2.45) is 0 Å². The van der Waals surface area contributed by atoms with Gasteiger partial charge in [0.25, 0.3) is 0 Å². The van der Waals surface area contributed by atoms with E-state index in [1.165, 1.54) is 15.6 Å². The van der Waals surface area contributed by atoms with Crippen LogP contribution in [0.4, 0.5) is 4.79 Å². The molecule has 4 nitrogen and oxygen atoms in total. The molecule has 0 aliphatic carbocycles. The number of ether oxygens (including phenoxy) is 1. The Labute approximate surface area is 141 Å². The van der Waals surface area contributed by atoms with E-state index in [9.17, 15) is 4.79 Å². The molecule has 0 aromatic heterocycles. The number of hydrogen-bond donors (Lipinski definition) is 1. The molecule has 1 aliphatic heterocycles. The molecule has 1 saturated heterocycles. The molecule has 1 heterocycles. The van der Waals surface area contributed by atoms with Gasteiger partial charge < -0.3 is 10.1 Å². The molecule has 122 valence electrons. The first-order valence-electron chi connectivity index (χ1n) is 7.70. The lowest BCUT2D eigenvalue weighted by Gasteiger charge is -2.22. The summed E-state index contributed by atoms with van der Waals surface area (Å²) in [7, 11) is 0. The van der Waals surface area contributed by atoms with Gasteiger partial charge in [-0.2, -0.15) is 0 Å². The second-order valence-electron chi connectivity index (χ2n) is 6.91. The standard InChI is InChI=1S/C17H25BrN2O2/c1-12-6-5-7-13(15(12)18)10-20-9-8-14(11-20)19-16(21)22-17(2,3)4/h5-7,14H,8-11H2,1-4H3,(H,19,21). The summed E-state index contributed by atoms with van der Waals surface area (Å²) in [5.41, 5.74) is 2.09. The number of aryl methyl sites for hydroxylation is 1. The van der Waals surface area contributed by atoms with E-state index in [0.717, 1.165) is 26.1 Å². The van der Waals surface area contributed by atoms with Gasteiger partial charge in [-0.05, 0) is 45.2 Å². The summed E-state index contributed by atoms with van der Waals surface area (Å²) in [4.78, 5) is 14.2. The van der Waals surface area contributed by atoms with E-state index < -0.39 is 5.60 Å². The molecule has 1 fully saturated rings. The van der Waals surface area contributed by atoms with Crippen LogP contribution in [0, 0.1) is 6.92 Å². The van der Waals surface area contributed by atoms with E-state index >= 15 is 0 Å². The predicted octanol–water partition coefficient (Wildman–Crippen LogP) is 3.86. The number of rotatable bonds is 3. The second-order valence-corrected chi connectivity index (χ2v) is 7.71. The average Bonchev–Trinajstić information content (AvgIpc) is 2.80. The Morgan fingerprint density at radius 2 is 2.18 bits per heavy atom. The van der Waals surface area contributed by atoms with Crippen molar-refractivity contribution in [1.82, 2.24) is 10.2 Å². The average molecular weight is 369 g/mol. The molecule has 1 amide bonds. The van der Waals surface area contributed by atoms with Crippen LogP contribution in [-0.4, -0.2) is 35.7 Å². The molecule has 1 unspecified atom stereocenters. The SMILES string of the molecule is Cc1cccc(CN2CCC(NC(=O)OC(C)(C)C)C2)c1Br. The minimum atomic E-state index is -0.450. The van der Waals surface area contributed by atoms with Crippen LogP contribution >= 0.6 is 15.9 Å². The molecule has 1 aliphatic rings. The van der Waals surface area contributed by atoms with E-state index in [4.69, 9.17) is 4.74 Å². The maximum absolute atomic E-state index is 11.8. The third-order valence-corrected chi connectivity index (χ3v) is 4.79. The van der Waals surface area contributed by atoms with E-state index in [-0.39, 0.29) is 12.1 Å². The summed E-state index contributed by atoms with van der Waals surface area (Å²) in [5.74, 6) is 0. The van der Waals surface area contributed by atoms with Crippen molar-refractivity contribution >= 4 is 22.0 Å². The summed E-state index contributed by atoms with van der Waals surface area (Å²) in [6.07, 6.45) is 0.638. The summed E-state index contributed by atoms with van der Waals surface area (Å²) < 4.78 is 6.49. The fourth-order valence-electron chi connectivity index (χ4n) is 2.64. The minimum absolute atomic E-state index is 0.165. The molecule has 5 heteroatoms. The lowest BCUT2D eigenvalue weighted by molar-refractivity contribution is 0.0506. The summed E-state index contributed by atoms with van der Waals surface area (Å²) in [6.45, 7) is 10.5. The van der Waals surface area contributed by atoms with Crippen molar-refractivity contribution in [3.05, 3.63) is 33.8 Å². The minimum Gasteiger partial charge on any atom is -0.444 e. The maximum Gasteiger partial charge on any atom is 0.407 e. The van der Waals surface area contributed by atoms with E-state index in [0.29, 0.717) is 0 Å². The summed E-state index contributed by atoms with van der Waals surface area (Å²) >= 11 is 3.66.